The molecule has 1 aromatic heterocycles. The number of nitrogens with zero attached hydrogens (tertiary/aromatic N) is 2. The van der Waals surface area contributed by atoms with Gasteiger partial charge in [0.15, 0.2) is 11.4 Å². The molecule has 0 fully saturated rings. The summed E-state index contributed by atoms with van der Waals surface area (Å²) in [6.07, 6.45) is 0.857. The fourth-order valence-corrected chi connectivity index (χ4v) is 2.50. The molecule has 0 bridgehead atoms. The van der Waals surface area contributed by atoms with Crippen LogP contribution in [0.25, 0.3) is 0 Å². The molecule has 0 radical (unpaired) electrons. The van der Waals surface area contributed by atoms with Crippen molar-refractivity contribution in [1.82, 2.24) is 9.97 Å². The molecule has 0 unspecified atom stereocenters. The minimum atomic E-state index is 0.669. The van der Waals surface area contributed by atoms with Crippen molar-refractivity contribution in [3.05, 3.63) is 46.8 Å². The van der Waals surface area contributed by atoms with Crippen LogP contribution in [0.4, 0.5) is 0 Å². The van der Waals surface area contributed by atoms with Crippen molar-refractivity contribution in [3.8, 4) is 0 Å². The van der Waals surface area contributed by atoms with E-state index < -0.39 is 0 Å². The summed E-state index contributed by atoms with van der Waals surface area (Å²) < 4.78 is 0. The second kappa shape index (κ2) is 5.31. The number of rotatable bonds is 3. The van der Waals surface area contributed by atoms with E-state index in [2.05, 4.69) is 9.97 Å². The molecular weight excluding hydrogens is 244 g/mol. The van der Waals surface area contributed by atoms with Crippen molar-refractivity contribution in [2.24, 2.45) is 0 Å². The summed E-state index contributed by atoms with van der Waals surface area (Å²) in [4.78, 5) is 20.7. The second-order valence-corrected chi connectivity index (χ2v) is 5.07. The van der Waals surface area contributed by atoms with Gasteiger partial charge in [0.2, 0.25) is 0 Å². The Bertz CT molecular complexity index is 573. The third-order valence-corrected chi connectivity index (χ3v) is 3.82. The lowest BCUT2D eigenvalue weighted by molar-refractivity contribution is 0.112. The molecule has 0 saturated heterocycles. The molecule has 0 saturated carbocycles. The van der Waals surface area contributed by atoms with Crippen molar-refractivity contribution in [2.45, 2.75) is 30.8 Å². The second-order valence-electron chi connectivity index (χ2n) is 4.06. The van der Waals surface area contributed by atoms with Crippen molar-refractivity contribution < 1.29 is 4.79 Å². The molecule has 0 atom stereocenters. The standard InChI is InChI=1S/C14H14N2OS/c1-9-10(2)15-14(16-11(9)3)18-13-7-5-4-6-12(13)8-17/h4-8H,1-3H3. The zero-order valence-electron chi connectivity index (χ0n) is 10.6. The van der Waals surface area contributed by atoms with E-state index in [4.69, 9.17) is 0 Å². The van der Waals surface area contributed by atoms with Gasteiger partial charge in [0.05, 0.1) is 0 Å². The molecule has 2 rings (SSSR count). The third kappa shape index (κ3) is 2.59. The van der Waals surface area contributed by atoms with Crippen molar-refractivity contribution in [3.63, 3.8) is 0 Å². The topological polar surface area (TPSA) is 42.9 Å². The third-order valence-electron chi connectivity index (χ3n) is 2.86. The highest BCUT2D eigenvalue weighted by molar-refractivity contribution is 7.99. The summed E-state index contributed by atoms with van der Waals surface area (Å²) >= 11 is 1.42. The summed E-state index contributed by atoms with van der Waals surface area (Å²) in [5.74, 6) is 0. The summed E-state index contributed by atoms with van der Waals surface area (Å²) in [5.41, 5.74) is 3.74. The Hall–Kier alpha value is -1.68. The van der Waals surface area contributed by atoms with Crippen LogP contribution >= 0.6 is 11.8 Å². The monoisotopic (exact) mass is 258 g/mol. The number of hydrogen-bond donors (Lipinski definition) is 0. The van der Waals surface area contributed by atoms with Gasteiger partial charge in [0.1, 0.15) is 0 Å². The number of aryl methyl sites for hydroxylation is 2. The maximum atomic E-state index is 11.0. The van der Waals surface area contributed by atoms with Crippen molar-refractivity contribution in [1.29, 1.82) is 0 Å². The zero-order chi connectivity index (χ0) is 13.1. The van der Waals surface area contributed by atoms with E-state index in [9.17, 15) is 4.79 Å². The van der Waals surface area contributed by atoms with E-state index >= 15 is 0 Å². The van der Waals surface area contributed by atoms with E-state index in [-0.39, 0.29) is 0 Å². The summed E-state index contributed by atoms with van der Waals surface area (Å²) in [5, 5.41) is 0.685. The number of hydrogen-bond acceptors (Lipinski definition) is 4. The molecule has 0 amide bonds. The first-order valence-corrected chi connectivity index (χ1v) is 6.47. The first-order chi connectivity index (χ1) is 8.61. The molecular formula is C14H14N2OS. The molecule has 3 nitrogen and oxygen atoms in total. The van der Waals surface area contributed by atoms with E-state index in [0.29, 0.717) is 10.7 Å². The first-order valence-electron chi connectivity index (χ1n) is 5.65. The van der Waals surface area contributed by atoms with E-state index in [1.165, 1.54) is 11.8 Å². The molecule has 0 aliphatic heterocycles. The predicted octanol–water partition coefficient (Wildman–Crippen LogP) is 3.37. The van der Waals surface area contributed by atoms with E-state index in [1.807, 2.05) is 39.0 Å². The van der Waals surface area contributed by atoms with Gasteiger partial charge in [-0.15, -0.1) is 0 Å². The smallest absolute Gasteiger partial charge is 0.192 e. The van der Waals surface area contributed by atoms with Crippen molar-refractivity contribution in [2.75, 3.05) is 0 Å². The molecule has 2 aromatic rings. The lowest BCUT2D eigenvalue weighted by atomic mass is 10.2. The Kier molecular flexibility index (Phi) is 3.77. The van der Waals surface area contributed by atoms with Gasteiger partial charge in [0, 0.05) is 21.8 Å². The zero-order valence-corrected chi connectivity index (χ0v) is 11.4. The van der Waals surface area contributed by atoms with E-state index in [0.717, 1.165) is 28.1 Å². The molecule has 92 valence electrons. The van der Waals surface area contributed by atoms with Gasteiger partial charge in [-0.2, -0.15) is 0 Å². The normalized spacial score (nSPS) is 10.4. The minimum Gasteiger partial charge on any atom is -0.298 e. The number of aromatic nitrogens is 2. The predicted molar refractivity (Wildman–Crippen MR) is 72.2 cm³/mol. The number of carbonyl (C=O) groups excluding carboxylic acids is 1. The van der Waals surface area contributed by atoms with Crippen LogP contribution in [0.2, 0.25) is 0 Å². The van der Waals surface area contributed by atoms with Gasteiger partial charge in [0.25, 0.3) is 0 Å². The maximum Gasteiger partial charge on any atom is 0.192 e. The quantitative estimate of drug-likeness (QED) is 0.625. The Morgan fingerprint density at radius 1 is 1.06 bits per heavy atom. The van der Waals surface area contributed by atoms with Crippen LogP contribution < -0.4 is 0 Å². The molecule has 0 N–H and O–H groups in total. The van der Waals surface area contributed by atoms with Gasteiger partial charge in [-0.1, -0.05) is 18.2 Å². The Labute approximate surface area is 111 Å². The average molecular weight is 258 g/mol. The largest absolute Gasteiger partial charge is 0.298 e. The van der Waals surface area contributed by atoms with Gasteiger partial charge in [-0.05, 0) is 44.2 Å². The molecule has 4 heteroatoms. The van der Waals surface area contributed by atoms with Crippen LogP contribution in [0, 0.1) is 20.8 Å². The van der Waals surface area contributed by atoms with Crippen LogP contribution in [0.3, 0.4) is 0 Å². The highest BCUT2D eigenvalue weighted by Crippen LogP contribution is 2.28. The Balaban J connectivity index is 2.37. The molecule has 0 aliphatic carbocycles. The van der Waals surface area contributed by atoms with Gasteiger partial charge in [-0.25, -0.2) is 9.97 Å². The maximum absolute atomic E-state index is 11.0. The molecule has 1 aromatic carbocycles. The summed E-state index contributed by atoms with van der Waals surface area (Å²) in [7, 11) is 0. The molecule has 1 heterocycles. The lowest BCUT2D eigenvalue weighted by Crippen LogP contribution is -1.98. The van der Waals surface area contributed by atoms with E-state index in [1.54, 1.807) is 6.07 Å². The Morgan fingerprint density at radius 3 is 2.28 bits per heavy atom. The lowest BCUT2D eigenvalue weighted by Gasteiger charge is -2.07. The fraction of sp³-hybridized carbons (Fsp3) is 0.214. The highest BCUT2D eigenvalue weighted by Gasteiger charge is 2.08. The van der Waals surface area contributed by atoms with Crippen molar-refractivity contribution >= 4 is 18.0 Å². The molecule has 0 spiro atoms. The summed E-state index contributed by atoms with van der Waals surface area (Å²) in [6.45, 7) is 5.96. The number of benzene rings is 1. The van der Waals surface area contributed by atoms with Crippen LogP contribution in [0.5, 0.6) is 0 Å². The highest BCUT2D eigenvalue weighted by atomic mass is 32.2. The number of carbonyl (C=O) groups is 1. The van der Waals surface area contributed by atoms with Gasteiger partial charge >= 0.3 is 0 Å². The first kappa shape index (κ1) is 12.8. The minimum absolute atomic E-state index is 0.669. The molecule has 0 aliphatic rings. The average Bonchev–Trinajstić information content (AvgIpc) is 2.36. The van der Waals surface area contributed by atoms with Gasteiger partial charge < -0.3 is 0 Å². The Morgan fingerprint density at radius 2 is 1.67 bits per heavy atom. The van der Waals surface area contributed by atoms with Gasteiger partial charge in [-0.3, -0.25) is 4.79 Å². The SMILES string of the molecule is Cc1nc(Sc2ccccc2C=O)nc(C)c1C. The summed E-state index contributed by atoms with van der Waals surface area (Å²) in [6, 6.07) is 7.45. The van der Waals surface area contributed by atoms with Crippen LogP contribution in [0.15, 0.2) is 34.3 Å². The van der Waals surface area contributed by atoms with Crippen LogP contribution in [0.1, 0.15) is 27.3 Å². The van der Waals surface area contributed by atoms with Crippen LogP contribution in [-0.4, -0.2) is 16.3 Å². The fourth-order valence-electron chi connectivity index (χ4n) is 1.56. The molecule has 18 heavy (non-hydrogen) atoms. The number of aldehydes is 1. The van der Waals surface area contributed by atoms with Crippen LogP contribution in [-0.2, 0) is 0 Å².